The Morgan fingerprint density at radius 3 is 2.76 bits per heavy atom. The van der Waals surface area contributed by atoms with Crippen LogP contribution in [0.5, 0.6) is 0 Å². The Kier molecular flexibility index (Phi) is 5.84. The molecule has 0 saturated carbocycles. The van der Waals surface area contributed by atoms with Crippen molar-refractivity contribution in [3.8, 4) is 0 Å². The van der Waals surface area contributed by atoms with Gasteiger partial charge in [-0.15, -0.1) is 11.8 Å². The smallest absolute Gasteiger partial charge is 0.256 e. The number of nitrogens with one attached hydrogen (secondary N) is 1. The third kappa shape index (κ3) is 4.34. The zero-order valence-corrected chi connectivity index (χ0v) is 13.1. The summed E-state index contributed by atoms with van der Waals surface area (Å²) in [4.78, 5) is 13.4. The van der Waals surface area contributed by atoms with Crippen molar-refractivity contribution in [2.45, 2.75) is 18.4 Å². The molecular formula is C17H19NO2S. The largest absolute Gasteiger partial charge is 0.380 e. The Morgan fingerprint density at radius 1 is 1.19 bits per heavy atom. The Bertz CT molecular complexity index is 613. The molecule has 0 bridgehead atoms. The first-order valence-electron chi connectivity index (χ1n) is 6.85. The van der Waals surface area contributed by atoms with Crippen molar-refractivity contribution in [2.75, 3.05) is 18.2 Å². The van der Waals surface area contributed by atoms with Gasteiger partial charge in [-0.3, -0.25) is 4.79 Å². The second-order valence-corrected chi connectivity index (χ2v) is 5.82. The normalized spacial score (nSPS) is 10.4. The van der Waals surface area contributed by atoms with Crippen LogP contribution < -0.4 is 5.32 Å². The van der Waals surface area contributed by atoms with Gasteiger partial charge in [0, 0.05) is 17.7 Å². The highest BCUT2D eigenvalue weighted by Crippen LogP contribution is 2.23. The first-order valence-corrected chi connectivity index (χ1v) is 7.84. The molecule has 3 nitrogen and oxygen atoms in total. The molecule has 0 spiro atoms. The summed E-state index contributed by atoms with van der Waals surface area (Å²) in [6.07, 6.45) is 0. The fourth-order valence-corrected chi connectivity index (χ4v) is 2.84. The maximum atomic E-state index is 12.4. The van der Waals surface area contributed by atoms with Gasteiger partial charge in [-0.25, -0.2) is 0 Å². The number of amides is 1. The van der Waals surface area contributed by atoms with E-state index in [2.05, 4.69) is 12.2 Å². The number of hydrogen-bond donors (Lipinski definition) is 1. The fourth-order valence-electron chi connectivity index (χ4n) is 2.04. The number of rotatable bonds is 6. The second kappa shape index (κ2) is 7.86. The molecule has 0 saturated heterocycles. The summed E-state index contributed by atoms with van der Waals surface area (Å²) in [5, 5.41) is 2.95. The molecule has 1 N–H and O–H groups in total. The molecular weight excluding hydrogens is 282 g/mol. The molecule has 21 heavy (non-hydrogen) atoms. The quantitative estimate of drug-likeness (QED) is 0.813. The molecule has 0 heterocycles. The van der Waals surface area contributed by atoms with Gasteiger partial charge in [0.15, 0.2) is 0 Å². The van der Waals surface area contributed by atoms with Crippen LogP contribution in [0.4, 0.5) is 5.69 Å². The molecule has 110 valence electrons. The Labute approximate surface area is 129 Å². The van der Waals surface area contributed by atoms with Crippen LogP contribution in [0.2, 0.25) is 0 Å². The highest BCUT2D eigenvalue weighted by Gasteiger charge is 2.11. The van der Waals surface area contributed by atoms with E-state index in [1.54, 1.807) is 18.9 Å². The second-order valence-electron chi connectivity index (χ2n) is 4.52. The number of methoxy groups -OCH3 is 1. The van der Waals surface area contributed by atoms with E-state index >= 15 is 0 Å². The molecule has 0 radical (unpaired) electrons. The predicted octanol–water partition coefficient (Wildman–Crippen LogP) is 4.20. The van der Waals surface area contributed by atoms with E-state index in [9.17, 15) is 4.79 Å². The maximum Gasteiger partial charge on any atom is 0.256 e. The van der Waals surface area contributed by atoms with Crippen LogP contribution in [0.25, 0.3) is 0 Å². The van der Waals surface area contributed by atoms with E-state index in [0.717, 1.165) is 21.9 Å². The Hall–Kier alpha value is -1.78. The van der Waals surface area contributed by atoms with Crippen LogP contribution in [-0.2, 0) is 11.3 Å². The summed E-state index contributed by atoms with van der Waals surface area (Å²) >= 11 is 1.67. The minimum atomic E-state index is -0.0823. The topological polar surface area (TPSA) is 38.3 Å². The SMILES string of the molecule is CCSc1ccccc1C(=O)Nc1cccc(COC)c1. The maximum absolute atomic E-state index is 12.4. The molecule has 0 atom stereocenters. The van der Waals surface area contributed by atoms with E-state index in [1.165, 1.54) is 0 Å². The predicted molar refractivity (Wildman–Crippen MR) is 87.9 cm³/mol. The minimum Gasteiger partial charge on any atom is -0.380 e. The van der Waals surface area contributed by atoms with Gasteiger partial charge < -0.3 is 10.1 Å². The Morgan fingerprint density at radius 2 is 2.00 bits per heavy atom. The first-order chi connectivity index (χ1) is 10.2. The van der Waals surface area contributed by atoms with Crippen LogP contribution in [0.3, 0.4) is 0 Å². The summed E-state index contributed by atoms with van der Waals surface area (Å²) < 4.78 is 5.11. The fraction of sp³-hybridized carbons (Fsp3) is 0.235. The van der Waals surface area contributed by atoms with Gasteiger partial charge in [0.1, 0.15) is 0 Å². The van der Waals surface area contributed by atoms with E-state index in [-0.39, 0.29) is 5.91 Å². The van der Waals surface area contributed by atoms with Gasteiger partial charge in [0.25, 0.3) is 5.91 Å². The number of benzene rings is 2. The van der Waals surface area contributed by atoms with Crippen molar-refractivity contribution < 1.29 is 9.53 Å². The minimum absolute atomic E-state index is 0.0823. The molecule has 0 unspecified atom stereocenters. The van der Waals surface area contributed by atoms with Crippen molar-refractivity contribution in [1.82, 2.24) is 0 Å². The summed E-state index contributed by atoms with van der Waals surface area (Å²) in [5.74, 6) is 0.856. The van der Waals surface area contributed by atoms with Gasteiger partial charge in [-0.2, -0.15) is 0 Å². The molecule has 0 fully saturated rings. The van der Waals surface area contributed by atoms with Gasteiger partial charge in [0.05, 0.1) is 12.2 Å². The molecule has 2 rings (SSSR count). The number of hydrogen-bond acceptors (Lipinski definition) is 3. The Balaban J connectivity index is 2.16. The molecule has 0 aliphatic rings. The van der Waals surface area contributed by atoms with Crippen molar-refractivity contribution in [3.63, 3.8) is 0 Å². The zero-order valence-electron chi connectivity index (χ0n) is 12.3. The van der Waals surface area contributed by atoms with Gasteiger partial charge in [-0.1, -0.05) is 31.2 Å². The van der Waals surface area contributed by atoms with Crippen LogP contribution in [-0.4, -0.2) is 18.8 Å². The first kappa shape index (κ1) is 15.6. The lowest BCUT2D eigenvalue weighted by Gasteiger charge is -2.10. The van der Waals surface area contributed by atoms with E-state index < -0.39 is 0 Å². The third-order valence-corrected chi connectivity index (χ3v) is 3.88. The average molecular weight is 301 g/mol. The molecule has 1 amide bonds. The van der Waals surface area contributed by atoms with Crippen molar-refractivity contribution >= 4 is 23.4 Å². The third-order valence-electron chi connectivity index (χ3n) is 2.93. The van der Waals surface area contributed by atoms with Crippen LogP contribution >= 0.6 is 11.8 Å². The van der Waals surface area contributed by atoms with E-state index in [4.69, 9.17) is 4.74 Å². The van der Waals surface area contributed by atoms with Crippen molar-refractivity contribution in [3.05, 3.63) is 59.7 Å². The number of carbonyl (C=O) groups is 1. The van der Waals surface area contributed by atoms with Crippen molar-refractivity contribution in [2.24, 2.45) is 0 Å². The van der Waals surface area contributed by atoms with Crippen LogP contribution in [0.1, 0.15) is 22.8 Å². The lowest BCUT2D eigenvalue weighted by Crippen LogP contribution is -2.13. The molecule has 0 aromatic heterocycles. The summed E-state index contributed by atoms with van der Waals surface area (Å²) in [7, 11) is 1.66. The van der Waals surface area contributed by atoms with Gasteiger partial charge in [0.2, 0.25) is 0 Å². The summed E-state index contributed by atoms with van der Waals surface area (Å²) in [6.45, 7) is 2.61. The van der Waals surface area contributed by atoms with Crippen LogP contribution in [0.15, 0.2) is 53.4 Å². The number of carbonyl (C=O) groups excluding carboxylic acids is 1. The van der Waals surface area contributed by atoms with E-state index in [0.29, 0.717) is 12.2 Å². The summed E-state index contributed by atoms with van der Waals surface area (Å²) in [5.41, 5.74) is 2.53. The molecule has 0 aliphatic carbocycles. The molecule has 0 aliphatic heterocycles. The lowest BCUT2D eigenvalue weighted by molar-refractivity contribution is 0.102. The molecule has 2 aromatic rings. The zero-order chi connectivity index (χ0) is 15.1. The number of anilines is 1. The van der Waals surface area contributed by atoms with Gasteiger partial charge in [-0.05, 0) is 35.6 Å². The molecule has 4 heteroatoms. The number of ether oxygens (including phenoxy) is 1. The van der Waals surface area contributed by atoms with E-state index in [1.807, 2.05) is 48.5 Å². The number of thioether (sulfide) groups is 1. The van der Waals surface area contributed by atoms with Crippen molar-refractivity contribution in [1.29, 1.82) is 0 Å². The van der Waals surface area contributed by atoms with Crippen LogP contribution in [0, 0.1) is 0 Å². The lowest BCUT2D eigenvalue weighted by atomic mass is 10.2. The average Bonchev–Trinajstić information content (AvgIpc) is 2.49. The molecule has 2 aromatic carbocycles. The standard InChI is InChI=1S/C17H19NO2S/c1-3-21-16-10-5-4-9-15(16)17(19)18-14-8-6-7-13(11-14)12-20-2/h4-11H,3,12H2,1-2H3,(H,18,19). The summed E-state index contributed by atoms with van der Waals surface area (Å²) in [6, 6.07) is 15.4. The highest BCUT2D eigenvalue weighted by molar-refractivity contribution is 7.99. The van der Waals surface area contributed by atoms with Gasteiger partial charge >= 0.3 is 0 Å². The monoisotopic (exact) mass is 301 g/mol. The highest BCUT2D eigenvalue weighted by atomic mass is 32.2.